The van der Waals surface area contributed by atoms with Crippen molar-refractivity contribution in [3.63, 3.8) is 0 Å². The molecular weight excluding hydrogens is 336 g/mol. The summed E-state index contributed by atoms with van der Waals surface area (Å²) in [6.07, 6.45) is 1.17. The third-order valence-corrected chi connectivity index (χ3v) is 5.23. The van der Waals surface area contributed by atoms with Gasteiger partial charge in [0.1, 0.15) is 22.8 Å². The molecule has 1 saturated heterocycles. The highest BCUT2D eigenvalue weighted by molar-refractivity contribution is 7.88. The van der Waals surface area contributed by atoms with Crippen LogP contribution in [-0.2, 0) is 10.0 Å². The SMILES string of the molecule is COc1cc(OC)c(C(=O)N2CCN(S(C)(=O)=O)CC2)c(OC)c1. The molecule has 0 N–H and O–H groups in total. The molecule has 1 amide bonds. The van der Waals surface area contributed by atoms with E-state index in [9.17, 15) is 13.2 Å². The van der Waals surface area contributed by atoms with Crippen LogP contribution in [-0.4, -0.2) is 77.3 Å². The van der Waals surface area contributed by atoms with E-state index in [1.165, 1.54) is 31.9 Å². The second-order valence-corrected chi connectivity index (χ2v) is 7.34. The van der Waals surface area contributed by atoms with Gasteiger partial charge in [0.15, 0.2) is 0 Å². The van der Waals surface area contributed by atoms with Crippen molar-refractivity contribution in [1.29, 1.82) is 0 Å². The lowest BCUT2D eigenvalue weighted by atomic mass is 10.1. The van der Waals surface area contributed by atoms with Crippen LogP contribution in [0.5, 0.6) is 17.2 Å². The predicted octanol–water partition coefficient (Wildman–Crippen LogP) is 0.430. The van der Waals surface area contributed by atoms with Crippen LogP contribution in [0, 0.1) is 0 Å². The van der Waals surface area contributed by atoms with Gasteiger partial charge in [-0.2, -0.15) is 4.31 Å². The van der Waals surface area contributed by atoms with E-state index in [1.54, 1.807) is 17.0 Å². The Morgan fingerprint density at radius 1 is 0.958 bits per heavy atom. The van der Waals surface area contributed by atoms with Gasteiger partial charge in [0, 0.05) is 38.3 Å². The number of sulfonamides is 1. The van der Waals surface area contributed by atoms with E-state index in [1.807, 2.05) is 0 Å². The van der Waals surface area contributed by atoms with Crippen LogP contribution in [0.1, 0.15) is 10.4 Å². The Bertz CT molecular complexity index is 686. The molecule has 1 heterocycles. The van der Waals surface area contributed by atoms with Crippen molar-refractivity contribution in [3.8, 4) is 17.2 Å². The van der Waals surface area contributed by atoms with Gasteiger partial charge >= 0.3 is 0 Å². The number of ether oxygens (including phenoxy) is 3. The first-order valence-electron chi connectivity index (χ1n) is 7.36. The Kier molecular flexibility index (Phi) is 5.55. The molecule has 134 valence electrons. The fraction of sp³-hybridized carbons (Fsp3) is 0.533. The zero-order chi connectivity index (χ0) is 17.9. The number of rotatable bonds is 5. The van der Waals surface area contributed by atoms with E-state index >= 15 is 0 Å². The van der Waals surface area contributed by atoms with Crippen LogP contribution in [0.15, 0.2) is 12.1 Å². The molecule has 0 unspecified atom stereocenters. The Morgan fingerprint density at radius 2 is 1.46 bits per heavy atom. The molecule has 0 aliphatic carbocycles. The van der Waals surface area contributed by atoms with E-state index in [2.05, 4.69) is 0 Å². The Morgan fingerprint density at radius 3 is 1.83 bits per heavy atom. The van der Waals surface area contributed by atoms with Gasteiger partial charge in [-0.15, -0.1) is 0 Å². The highest BCUT2D eigenvalue weighted by atomic mass is 32.2. The van der Waals surface area contributed by atoms with Gasteiger partial charge in [-0.05, 0) is 0 Å². The first kappa shape index (κ1) is 18.3. The van der Waals surface area contributed by atoms with Gasteiger partial charge in [0.2, 0.25) is 10.0 Å². The van der Waals surface area contributed by atoms with Crippen LogP contribution in [0.2, 0.25) is 0 Å². The third kappa shape index (κ3) is 3.73. The summed E-state index contributed by atoms with van der Waals surface area (Å²) < 4.78 is 40.3. The number of hydrogen-bond donors (Lipinski definition) is 0. The Labute approximate surface area is 141 Å². The molecule has 0 bridgehead atoms. The molecule has 0 radical (unpaired) electrons. The number of hydrogen-bond acceptors (Lipinski definition) is 6. The second kappa shape index (κ2) is 7.27. The minimum absolute atomic E-state index is 0.264. The minimum atomic E-state index is -3.24. The summed E-state index contributed by atoms with van der Waals surface area (Å²) in [5, 5.41) is 0. The summed E-state index contributed by atoms with van der Waals surface area (Å²) in [5.41, 5.74) is 0.300. The van der Waals surface area contributed by atoms with Crippen LogP contribution in [0.3, 0.4) is 0 Å². The number of carbonyl (C=O) groups excluding carboxylic acids is 1. The Hall–Kier alpha value is -2.00. The van der Waals surface area contributed by atoms with E-state index in [0.717, 1.165) is 0 Å². The smallest absolute Gasteiger partial charge is 0.261 e. The fourth-order valence-corrected chi connectivity index (χ4v) is 3.42. The lowest BCUT2D eigenvalue weighted by Crippen LogP contribution is -2.50. The number of piperazine rings is 1. The number of carbonyl (C=O) groups is 1. The summed E-state index contributed by atoms with van der Waals surface area (Å²) in [6, 6.07) is 3.23. The van der Waals surface area contributed by atoms with Gasteiger partial charge in [-0.1, -0.05) is 0 Å². The fourth-order valence-electron chi connectivity index (χ4n) is 2.60. The average Bonchev–Trinajstić information content (AvgIpc) is 2.59. The molecule has 0 spiro atoms. The molecule has 0 aromatic heterocycles. The van der Waals surface area contributed by atoms with Crippen molar-refractivity contribution in [2.75, 3.05) is 53.8 Å². The van der Waals surface area contributed by atoms with Crippen LogP contribution >= 0.6 is 0 Å². The standard InChI is InChI=1S/C15H22N2O6S/c1-21-11-9-12(22-2)14(13(10-11)23-3)15(18)16-5-7-17(8-6-16)24(4,19)20/h9-10H,5-8H2,1-4H3. The number of amides is 1. The molecule has 1 aliphatic heterocycles. The maximum absolute atomic E-state index is 12.9. The van der Waals surface area contributed by atoms with Crippen LogP contribution < -0.4 is 14.2 Å². The quantitative estimate of drug-likeness (QED) is 0.759. The van der Waals surface area contributed by atoms with Gasteiger partial charge in [-0.3, -0.25) is 4.79 Å². The van der Waals surface area contributed by atoms with Crippen LogP contribution in [0.4, 0.5) is 0 Å². The predicted molar refractivity (Wildman–Crippen MR) is 88.4 cm³/mol. The van der Waals surface area contributed by atoms with E-state index in [0.29, 0.717) is 35.9 Å². The maximum Gasteiger partial charge on any atom is 0.261 e. The summed E-state index contributed by atoms with van der Waals surface area (Å²) in [4.78, 5) is 14.5. The average molecular weight is 358 g/mol. The molecule has 1 aliphatic rings. The first-order chi connectivity index (χ1) is 11.3. The monoisotopic (exact) mass is 358 g/mol. The summed E-state index contributed by atoms with van der Waals surface area (Å²) in [5.74, 6) is 0.949. The molecule has 24 heavy (non-hydrogen) atoms. The van der Waals surface area contributed by atoms with Crippen molar-refractivity contribution in [1.82, 2.24) is 9.21 Å². The lowest BCUT2D eigenvalue weighted by molar-refractivity contribution is 0.0691. The molecule has 0 saturated carbocycles. The van der Waals surface area contributed by atoms with E-state index in [-0.39, 0.29) is 19.0 Å². The topological polar surface area (TPSA) is 85.4 Å². The lowest BCUT2D eigenvalue weighted by Gasteiger charge is -2.33. The summed E-state index contributed by atoms with van der Waals surface area (Å²) >= 11 is 0. The molecule has 1 aromatic carbocycles. The molecule has 1 fully saturated rings. The number of methoxy groups -OCH3 is 3. The molecule has 2 rings (SSSR count). The Balaban J connectivity index is 2.27. The zero-order valence-corrected chi connectivity index (χ0v) is 15.1. The van der Waals surface area contributed by atoms with Gasteiger partial charge in [-0.25, -0.2) is 8.42 Å². The van der Waals surface area contributed by atoms with Gasteiger partial charge in [0.05, 0.1) is 27.6 Å². The van der Waals surface area contributed by atoms with Gasteiger partial charge in [0.25, 0.3) is 5.91 Å². The molecule has 0 atom stereocenters. The van der Waals surface area contributed by atoms with E-state index in [4.69, 9.17) is 14.2 Å². The highest BCUT2D eigenvalue weighted by Gasteiger charge is 2.30. The van der Waals surface area contributed by atoms with Crippen molar-refractivity contribution < 1.29 is 27.4 Å². The largest absolute Gasteiger partial charge is 0.496 e. The summed E-state index contributed by atoms with van der Waals surface area (Å²) in [7, 11) is 1.20. The third-order valence-electron chi connectivity index (χ3n) is 3.92. The van der Waals surface area contributed by atoms with Crippen molar-refractivity contribution in [2.45, 2.75) is 0 Å². The van der Waals surface area contributed by atoms with Crippen LogP contribution in [0.25, 0.3) is 0 Å². The van der Waals surface area contributed by atoms with Gasteiger partial charge < -0.3 is 19.1 Å². The normalized spacial score (nSPS) is 15.9. The van der Waals surface area contributed by atoms with Crippen molar-refractivity contribution in [3.05, 3.63) is 17.7 Å². The number of benzene rings is 1. The molecular formula is C15H22N2O6S. The van der Waals surface area contributed by atoms with Crippen molar-refractivity contribution in [2.24, 2.45) is 0 Å². The van der Waals surface area contributed by atoms with E-state index < -0.39 is 10.0 Å². The second-order valence-electron chi connectivity index (χ2n) is 5.36. The summed E-state index contributed by atoms with van der Waals surface area (Å²) in [6.45, 7) is 1.16. The maximum atomic E-state index is 12.9. The molecule has 9 heteroatoms. The highest BCUT2D eigenvalue weighted by Crippen LogP contribution is 2.35. The zero-order valence-electron chi connectivity index (χ0n) is 14.2. The molecule has 1 aromatic rings. The first-order valence-corrected chi connectivity index (χ1v) is 9.21. The molecule has 8 nitrogen and oxygen atoms in total. The van der Waals surface area contributed by atoms with Crippen molar-refractivity contribution >= 4 is 15.9 Å². The minimum Gasteiger partial charge on any atom is -0.496 e. The number of nitrogens with zero attached hydrogens (tertiary/aromatic N) is 2.